The smallest absolute Gasteiger partial charge is 0.143 e. The highest BCUT2D eigenvalue weighted by Crippen LogP contribution is 2.49. The molecule has 0 saturated heterocycles. The summed E-state index contributed by atoms with van der Waals surface area (Å²) in [6.45, 7) is 0. The van der Waals surface area contributed by atoms with Crippen LogP contribution in [-0.2, 0) is 0 Å². The summed E-state index contributed by atoms with van der Waals surface area (Å²) < 4.78 is 9.59. The SMILES string of the molecule is c1ccc(-c2ccccc2-c2oc(-c3ccc4sc5ccccc5c4c3-c3ccccc3)c3ccccc23)cc1. The predicted molar refractivity (Wildman–Crippen MR) is 171 cm³/mol. The van der Waals surface area contributed by atoms with Crippen molar-refractivity contribution in [3.63, 3.8) is 0 Å². The lowest BCUT2D eigenvalue weighted by Gasteiger charge is -2.12. The molecule has 0 N–H and O–H groups in total. The fraction of sp³-hybridized carbons (Fsp3) is 0. The molecule has 2 heterocycles. The Hall–Kier alpha value is -4.92. The quantitative estimate of drug-likeness (QED) is 0.221. The molecule has 8 rings (SSSR count). The van der Waals surface area contributed by atoms with Crippen LogP contribution < -0.4 is 0 Å². The molecule has 2 aromatic heterocycles. The molecule has 0 aliphatic heterocycles. The topological polar surface area (TPSA) is 13.1 Å². The molecule has 0 radical (unpaired) electrons. The van der Waals surface area contributed by atoms with Crippen LogP contribution in [0.5, 0.6) is 0 Å². The average molecular weight is 529 g/mol. The molecular weight excluding hydrogens is 504 g/mol. The first-order valence-electron chi connectivity index (χ1n) is 13.5. The van der Waals surface area contributed by atoms with Gasteiger partial charge in [-0.05, 0) is 34.9 Å². The van der Waals surface area contributed by atoms with Crippen molar-refractivity contribution in [2.75, 3.05) is 0 Å². The van der Waals surface area contributed by atoms with Gasteiger partial charge in [0.05, 0.1) is 0 Å². The third-order valence-corrected chi connectivity index (χ3v) is 8.86. The maximum Gasteiger partial charge on any atom is 0.143 e. The van der Waals surface area contributed by atoms with Crippen LogP contribution in [0.3, 0.4) is 0 Å². The second-order valence-corrected chi connectivity index (χ2v) is 11.1. The van der Waals surface area contributed by atoms with Gasteiger partial charge in [0.15, 0.2) is 0 Å². The van der Waals surface area contributed by atoms with Gasteiger partial charge in [0.25, 0.3) is 0 Å². The number of thiophene rings is 1. The number of rotatable bonds is 4. The Morgan fingerprint density at radius 2 is 0.925 bits per heavy atom. The van der Waals surface area contributed by atoms with E-state index in [0.717, 1.165) is 39.0 Å². The van der Waals surface area contributed by atoms with Crippen LogP contribution in [-0.4, -0.2) is 0 Å². The molecule has 0 bridgehead atoms. The highest BCUT2D eigenvalue weighted by atomic mass is 32.1. The van der Waals surface area contributed by atoms with Crippen LogP contribution in [0.2, 0.25) is 0 Å². The van der Waals surface area contributed by atoms with E-state index in [9.17, 15) is 0 Å². The number of hydrogen-bond acceptors (Lipinski definition) is 2. The molecule has 0 aliphatic rings. The number of fused-ring (bicyclic) bond motifs is 4. The summed E-state index contributed by atoms with van der Waals surface area (Å²) >= 11 is 1.85. The summed E-state index contributed by atoms with van der Waals surface area (Å²) in [7, 11) is 0. The Bertz CT molecular complexity index is 2150. The molecule has 40 heavy (non-hydrogen) atoms. The molecule has 0 spiro atoms. The van der Waals surface area contributed by atoms with Gasteiger partial charge in [0.1, 0.15) is 11.5 Å². The first-order chi connectivity index (χ1) is 19.9. The zero-order valence-corrected chi connectivity index (χ0v) is 22.5. The molecule has 6 aromatic carbocycles. The molecule has 1 nitrogen and oxygen atoms in total. The second-order valence-electron chi connectivity index (χ2n) is 10.0. The fourth-order valence-electron chi connectivity index (χ4n) is 5.95. The fourth-order valence-corrected chi connectivity index (χ4v) is 7.07. The number of benzene rings is 6. The van der Waals surface area contributed by atoms with E-state index < -0.39 is 0 Å². The normalized spacial score (nSPS) is 11.5. The standard InChI is InChI=1S/C38H24OS/c1-3-13-25(14-4-1)27-17-7-8-18-28(27)37-29-19-9-10-20-30(29)38(39-37)32-23-24-34-36(31-21-11-12-22-33(31)40-34)35(32)26-15-5-2-6-16-26/h1-24H. The summed E-state index contributed by atoms with van der Waals surface area (Å²) in [6, 6.07) is 51.6. The van der Waals surface area contributed by atoms with E-state index >= 15 is 0 Å². The minimum atomic E-state index is 0.902. The van der Waals surface area contributed by atoms with Crippen molar-refractivity contribution in [2.45, 2.75) is 0 Å². The van der Waals surface area contributed by atoms with Crippen LogP contribution in [0, 0.1) is 0 Å². The monoisotopic (exact) mass is 528 g/mol. The predicted octanol–water partition coefficient (Wildman–Crippen LogP) is 11.5. The first-order valence-corrected chi connectivity index (χ1v) is 14.3. The molecule has 0 aliphatic carbocycles. The minimum absolute atomic E-state index is 0.902. The van der Waals surface area contributed by atoms with Crippen LogP contribution >= 0.6 is 11.3 Å². The van der Waals surface area contributed by atoms with E-state index in [1.807, 2.05) is 11.3 Å². The zero-order chi connectivity index (χ0) is 26.5. The summed E-state index contributed by atoms with van der Waals surface area (Å²) in [5.41, 5.74) is 6.96. The molecule has 188 valence electrons. The van der Waals surface area contributed by atoms with Crippen LogP contribution in [0.15, 0.2) is 150 Å². The van der Waals surface area contributed by atoms with Gasteiger partial charge in [0.2, 0.25) is 0 Å². The third-order valence-electron chi connectivity index (χ3n) is 7.73. The molecule has 0 fully saturated rings. The molecular formula is C38H24OS. The summed E-state index contributed by atoms with van der Waals surface area (Å²) in [4.78, 5) is 0. The lowest BCUT2D eigenvalue weighted by molar-refractivity contribution is 0.602. The molecule has 2 heteroatoms. The van der Waals surface area contributed by atoms with Crippen LogP contribution in [0.1, 0.15) is 0 Å². The van der Waals surface area contributed by atoms with E-state index in [0.29, 0.717) is 0 Å². The molecule has 8 aromatic rings. The number of furan rings is 1. The van der Waals surface area contributed by atoms with Crippen LogP contribution in [0.25, 0.3) is 75.8 Å². The van der Waals surface area contributed by atoms with Crippen molar-refractivity contribution in [2.24, 2.45) is 0 Å². The summed E-state index contributed by atoms with van der Waals surface area (Å²) in [5, 5.41) is 4.82. The molecule has 0 amide bonds. The Morgan fingerprint density at radius 3 is 1.65 bits per heavy atom. The highest BCUT2D eigenvalue weighted by Gasteiger charge is 2.23. The largest absolute Gasteiger partial charge is 0.455 e. The summed E-state index contributed by atoms with van der Waals surface area (Å²) in [5.74, 6) is 1.81. The van der Waals surface area contributed by atoms with Gasteiger partial charge in [-0.25, -0.2) is 0 Å². The van der Waals surface area contributed by atoms with Gasteiger partial charge in [-0.15, -0.1) is 11.3 Å². The van der Waals surface area contributed by atoms with Crippen molar-refractivity contribution >= 4 is 42.3 Å². The lowest BCUT2D eigenvalue weighted by Crippen LogP contribution is -1.86. The van der Waals surface area contributed by atoms with Gasteiger partial charge in [-0.3, -0.25) is 0 Å². The molecule has 0 atom stereocenters. The van der Waals surface area contributed by atoms with Gasteiger partial charge in [-0.1, -0.05) is 127 Å². The average Bonchev–Trinajstić information content (AvgIpc) is 3.60. The van der Waals surface area contributed by atoms with Crippen molar-refractivity contribution < 1.29 is 4.42 Å². The zero-order valence-electron chi connectivity index (χ0n) is 21.7. The van der Waals surface area contributed by atoms with Crippen LogP contribution in [0.4, 0.5) is 0 Å². The van der Waals surface area contributed by atoms with Crippen molar-refractivity contribution in [3.05, 3.63) is 146 Å². The highest BCUT2D eigenvalue weighted by molar-refractivity contribution is 7.26. The van der Waals surface area contributed by atoms with Gasteiger partial charge >= 0.3 is 0 Å². The number of hydrogen-bond donors (Lipinski definition) is 0. The van der Waals surface area contributed by atoms with E-state index in [1.54, 1.807) is 0 Å². The van der Waals surface area contributed by atoms with E-state index in [-0.39, 0.29) is 0 Å². The van der Waals surface area contributed by atoms with Crippen molar-refractivity contribution in [1.29, 1.82) is 0 Å². The van der Waals surface area contributed by atoms with Crippen molar-refractivity contribution in [3.8, 4) is 44.9 Å². The minimum Gasteiger partial charge on any atom is -0.455 e. The van der Waals surface area contributed by atoms with Gasteiger partial charge in [-0.2, -0.15) is 0 Å². The maximum atomic E-state index is 7.00. The molecule has 0 saturated carbocycles. The molecule has 0 unspecified atom stereocenters. The lowest BCUT2D eigenvalue weighted by atomic mass is 9.92. The van der Waals surface area contributed by atoms with Crippen molar-refractivity contribution in [1.82, 2.24) is 0 Å². The van der Waals surface area contributed by atoms with Gasteiger partial charge < -0.3 is 4.42 Å². The van der Waals surface area contributed by atoms with E-state index in [1.165, 1.54) is 36.9 Å². The Kier molecular flexibility index (Phi) is 5.39. The van der Waals surface area contributed by atoms with Gasteiger partial charge in [0, 0.05) is 47.6 Å². The first kappa shape index (κ1) is 23.0. The Labute approximate surface area is 236 Å². The van der Waals surface area contributed by atoms with E-state index in [2.05, 4.69) is 146 Å². The van der Waals surface area contributed by atoms with E-state index in [4.69, 9.17) is 4.42 Å². The Morgan fingerprint density at radius 1 is 0.375 bits per heavy atom. The summed E-state index contributed by atoms with van der Waals surface area (Å²) in [6.07, 6.45) is 0. The third kappa shape index (κ3) is 3.61. The Balaban J connectivity index is 1.46. The maximum absolute atomic E-state index is 7.00. The second kappa shape index (κ2) is 9.37.